The van der Waals surface area contributed by atoms with Crippen molar-refractivity contribution in [2.45, 2.75) is 6.92 Å². The number of hydrogen-bond acceptors (Lipinski definition) is 6. The van der Waals surface area contributed by atoms with Gasteiger partial charge in [0.25, 0.3) is 0 Å². The van der Waals surface area contributed by atoms with E-state index >= 15 is 0 Å². The summed E-state index contributed by atoms with van der Waals surface area (Å²) in [6.07, 6.45) is 1.59. The zero-order valence-corrected chi connectivity index (χ0v) is 14.0. The van der Waals surface area contributed by atoms with Crippen molar-refractivity contribution in [1.82, 2.24) is 9.29 Å². The topological polar surface area (TPSA) is 105 Å². The maximum atomic E-state index is 11.7. The van der Waals surface area contributed by atoms with Gasteiger partial charge in [0.2, 0.25) is 10.0 Å². The summed E-state index contributed by atoms with van der Waals surface area (Å²) in [4.78, 5) is 15.1. The van der Waals surface area contributed by atoms with Crippen LogP contribution in [0.5, 0.6) is 0 Å². The van der Waals surface area contributed by atoms with Gasteiger partial charge in [-0.15, -0.1) is 0 Å². The Morgan fingerprint density at radius 1 is 1.38 bits per heavy atom. The predicted molar refractivity (Wildman–Crippen MR) is 91.4 cm³/mol. The smallest absolute Gasteiger partial charge is 0.301 e. The van der Waals surface area contributed by atoms with Gasteiger partial charge in [0, 0.05) is 31.7 Å². The number of nitrogens with zero attached hydrogens (tertiary/aromatic N) is 3. The standard InChI is InChI=1S/C15H18N4O4S/c1-2-24(22,23)18-9-11(10-18)8-17-14-6-5-13-12(4-3-7-16-13)15(14)19(20)21/h3-7,11,17H,2,8-10H2,1H3. The molecule has 0 aliphatic carbocycles. The van der Waals surface area contributed by atoms with Gasteiger partial charge in [-0.1, -0.05) is 0 Å². The van der Waals surface area contributed by atoms with Crippen molar-refractivity contribution in [3.8, 4) is 0 Å². The Hall–Kier alpha value is -2.26. The third-order valence-electron chi connectivity index (χ3n) is 4.20. The van der Waals surface area contributed by atoms with Gasteiger partial charge in [-0.25, -0.2) is 12.7 Å². The quantitative estimate of drug-likeness (QED) is 0.629. The van der Waals surface area contributed by atoms with E-state index in [0.29, 0.717) is 36.2 Å². The Bertz CT molecular complexity index is 878. The van der Waals surface area contributed by atoms with Crippen molar-refractivity contribution < 1.29 is 13.3 Å². The summed E-state index contributed by atoms with van der Waals surface area (Å²) in [5.74, 6) is 0.242. The van der Waals surface area contributed by atoms with Crippen LogP contribution in [0.3, 0.4) is 0 Å². The van der Waals surface area contributed by atoms with Crippen molar-refractivity contribution >= 4 is 32.3 Å². The van der Waals surface area contributed by atoms with Gasteiger partial charge in [0.05, 0.1) is 21.6 Å². The third-order valence-corrected chi connectivity index (χ3v) is 6.02. The number of benzene rings is 1. The van der Waals surface area contributed by atoms with Crippen LogP contribution in [-0.2, 0) is 10.0 Å². The minimum atomic E-state index is -3.14. The molecule has 0 saturated carbocycles. The fourth-order valence-electron chi connectivity index (χ4n) is 2.79. The second kappa shape index (κ2) is 6.33. The number of hydrogen-bond donors (Lipinski definition) is 1. The average molecular weight is 350 g/mol. The minimum absolute atomic E-state index is 0.00189. The normalized spacial score (nSPS) is 16.0. The Balaban J connectivity index is 1.73. The highest BCUT2D eigenvalue weighted by Crippen LogP contribution is 2.33. The van der Waals surface area contributed by atoms with Crippen LogP contribution in [0.15, 0.2) is 30.5 Å². The number of nitro benzene ring substituents is 1. The average Bonchev–Trinajstić information content (AvgIpc) is 2.52. The molecule has 24 heavy (non-hydrogen) atoms. The molecule has 8 nitrogen and oxygen atoms in total. The zero-order valence-electron chi connectivity index (χ0n) is 13.2. The molecule has 2 heterocycles. The summed E-state index contributed by atoms with van der Waals surface area (Å²) >= 11 is 0. The first-order valence-electron chi connectivity index (χ1n) is 7.66. The van der Waals surface area contributed by atoms with Crippen molar-refractivity contribution in [3.63, 3.8) is 0 Å². The first-order chi connectivity index (χ1) is 11.4. The largest absolute Gasteiger partial charge is 0.379 e. The first kappa shape index (κ1) is 16.6. The predicted octanol–water partition coefficient (Wildman–Crippen LogP) is 1.84. The maximum absolute atomic E-state index is 11.7. The molecule has 1 aliphatic rings. The number of pyridine rings is 1. The molecule has 1 aromatic carbocycles. The zero-order chi connectivity index (χ0) is 17.3. The SMILES string of the molecule is CCS(=O)(=O)N1CC(CNc2ccc3ncccc3c2[N+](=O)[O-])C1. The van der Waals surface area contributed by atoms with Gasteiger partial charge in [0.1, 0.15) is 5.69 Å². The Kier molecular flexibility index (Phi) is 4.37. The van der Waals surface area contributed by atoms with Crippen LogP contribution in [-0.4, -0.2) is 48.0 Å². The van der Waals surface area contributed by atoms with Crippen molar-refractivity contribution in [1.29, 1.82) is 0 Å². The third kappa shape index (κ3) is 3.04. The highest BCUT2D eigenvalue weighted by atomic mass is 32.2. The van der Waals surface area contributed by atoms with E-state index in [1.54, 1.807) is 37.4 Å². The number of rotatable bonds is 6. The number of anilines is 1. The van der Waals surface area contributed by atoms with Crippen molar-refractivity contribution in [2.75, 3.05) is 30.7 Å². The molecule has 0 amide bonds. The van der Waals surface area contributed by atoms with Crippen LogP contribution in [0, 0.1) is 16.0 Å². The molecule has 0 radical (unpaired) electrons. The lowest BCUT2D eigenvalue weighted by molar-refractivity contribution is -0.382. The molecule has 0 bridgehead atoms. The molecule has 3 rings (SSSR count). The molecular weight excluding hydrogens is 332 g/mol. The van der Waals surface area contributed by atoms with Crippen LogP contribution >= 0.6 is 0 Å². The van der Waals surface area contributed by atoms with Crippen LogP contribution < -0.4 is 5.32 Å². The van der Waals surface area contributed by atoms with Gasteiger partial charge >= 0.3 is 5.69 Å². The van der Waals surface area contributed by atoms with E-state index in [1.165, 1.54) is 4.31 Å². The van der Waals surface area contributed by atoms with E-state index in [9.17, 15) is 18.5 Å². The fraction of sp³-hybridized carbons (Fsp3) is 0.400. The lowest BCUT2D eigenvalue weighted by Crippen LogP contribution is -2.52. The van der Waals surface area contributed by atoms with E-state index < -0.39 is 14.9 Å². The van der Waals surface area contributed by atoms with Gasteiger partial charge in [-0.3, -0.25) is 15.1 Å². The number of sulfonamides is 1. The summed E-state index contributed by atoms with van der Waals surface area (Å²) in [6.45, 7) is 3.01. The maximum Gasteiger partial charge on any atom is 0.301 e. The second-order valence-corrected chi connectivity index (χ2v) is 8.01. The van der Waals surface area contributed by atoms with Crippen LogP contribution in [0.4, 0.5) is 11.4 Å². The Morgan fingerprint density at radius 2 is 2.12 bits per heavy atom. The molecule has 0 spiro atoms. The highest BCUT2D eigenvalue weighted by Gasteiger charge is 2.34. The monoisotopic (exact) mass is 350 g/mol. The minimum Gasteiger partial charge on any atom is -0.379 e. The molecule has 1 saturated heterocycles. The van der Waals surface area contributed by atoms with Crippen LogP contribution in [0.1, 0.15) is 6.92 Å². The van der Waals surface area contributed by atoms with E-state index in [2.05, 4.69) is 10.3 Å². The van der Waals surface area contributed by atoms with Crippen LogP contribution in [0.25, 0.3) is 10.9 Å². The molecule has 0 unspecified atom stereocenters. The van der Waals surface area contributed by atoms with E-state index in [-0.39, 0.29) is 17.4 Å². The van der Waals surface area contributed by atoms with Gasteiger partial charge in [-0.2, -0.15) is 0 Å². The number of nitro groups is 1. The Labute approximate surface area is 139 Å². The van der Waals surface area contributed by atoms with E-state index in [4.69, 9.17) is 0 Å². The molecule has 9 heteroatoms. The molecular formula is C15H18N4O4S. The molecule has 1 N–H and O–H groups in total. The van der Waals surface area contributed by atoms with Gasteiger partial charge in [0.15, 0.2) is 0 Å². The summed E-state index contributed by atoms with van der Waals surface area (Å²) in [5, 5.41) is 15.0. The lowest BCUT2D eigenvalue weighted by Gasteiger charge is -2.38. The molecule has 2 aromatic rings. The molecule has 1 aromatic heterocycles. The van der Waals surface area contributed by atoms with Crippen LogP contribution in [0.2, 0.25) is 0 Å². The second-order valence-electron chi connectivity index (χ2n) is 5.75. The number of aromatic nitrogens is 1. The fourth-order valence-corrected chi connectivity index (χ4v) is 4.03. The summed E-state index contributed by atoms with van der Waals surface area (Å²) in [5.41, 5.74) is 0.994. The first-order valence-corrected chi connectivity index (χ1v) is 9.27. The highest BCUT2D eigenvalue weighted by molar-refractivity contribution is 7.89. The van der Waals surface area contributed by atoms with E-state index in [0.717, 1.165) is 0 Å². The molecule has 1 aliphatic heterocycles. The number of fused-ring (bicyclic) bond motifs is 1. The Morgan fingerprint density at radius 3 is 2.79 bits per heavy atom. The van der Waals surface area contributed by atoms with Crippen molar-refractivity contribution in [3.05, 3.63) is 40.6 Å². The van der Waals surface area contributed by atoms with Gasteiger partial charge in [-0.05, 0) is 31.2 Å². The lowest BCUT2D eigenvalue weighted by atomic mass is 10.0. The molecule has 128 valence electrons. The summed E-state index contributed by atoms with van der Waals surface area (Å²) in [7, 11) is -3.14. The number of nitrogens with one attached hydrogen (secondary N) is 1. The summed E-state index contributed by atoms with van der Waals surface area (Å²) < 4.78 is 24.8. The van der Waals surface area contributed by atoms with Crippen molar-refractivity contribution in [2.24, 2.45) is 5.92 Å². The van der Waals surface area contributed by atoms with Gasteiger partial charge < -0.3 is 5.32 Å². The molecule has 0 atom stereocenters. The molecule has 1 fully saturated rings. The van der Waals surface area contributed by atoms with E-state index in [1.807, 2.05) is 0 Å². The summed E-state index contributed by atoms with van der Waals surface area (Å²) in [6, 6.07) is 6.72.